The molecule has 0 saturated heterocycles. The maximum Gasteiger partial charge on any atom is 0.331 e. The van der Waals surface area contributed by atoms with E-state index in [9.17, 15) is 9.59 Å². The topological polar surface area (TPSA) is 54.4 Å². The molecule has 0 bridgehead atoms. The van der Waals surface area contributed by atoms with Gasteiger partial charge in [0, 0.05) is 11.6 Å². The van der Waals surface area contributed by atoms with Crippen molar-refractivity contribution in [2.24, 2.45) is 0 Å². The van der Waals surface area contributed by atoms with Crippen LogP contribution in [0.5, 0.6) is 0 Å². The van der Waals surface area contributed by atoms with Crippen LogP contribution in [0, 0.1) is 0 Å². The summed E-state index contributed by atoms with van der Waals surface area (Å²) in [5.74, 6) is -1.05. The zero-order valence-corrected chi connectivity index (χ0v) is 10.4. The molecule has 0 aromatic carbocycles. The number of unbranched alkanes of at least 4 members (excludes halogenated alkanes) is 5. The fourth-order valence-corrected chi connectivity index (χ4v) is 1.61. The van der Waals surface area contributed by atoms with Gasteiger partial charge < -0.3 is 5.11 Å². The summed E-state index contributed by atoms with van der Waals surface area (Å²) in [5.41, 5.74) is 0.107. The fourth-order valence-electron chi connectivity index (χ4n) is 1.47. The van der Waals surface area contributed by atoms with Gasteiger partial charge in [0.1, 0.15) is 0 Å². The quantitative estimate of drug-likeness (QED) is 0.385. The fraction of sp³-hybridized carbons (Fsp3) is 0.667. The van der Waals surface area contributed by atoms with Gasteiger partial charge in [-0.3, -0.25) is 4.79 Å². The molecule has 0 saturated carbocycles. The highest BCUT2D eigenvalue weighted by Crippen LogP contribution is 2.12. The van der Waals surface area contributed by atoms with Crippen LogP contribution in [0.15, 0.2) is 11.6 Å². The van der Waals surface area contributed by atoms with Crippen LogP contribution < -0.4 is 0 Å². The number of hydrogen-bond acceptors (Lipinski definition) is 2. The Kier molecular flexibility index (Phi) is 8.91. The molecular weight excluding hydrogens is 228 g/mol. The van der Waals surface area contributed by atoms with Crippen molar-refractivity contribution < 1.29 is 14.7 Å². The van der Waals surface area contributed by atoms with E-state index in [0.29, 0.717) is 6.42 Å². The third kappa shape index (κ3) is 8.48. The lowest BCUT2D eigenvalue weighted by Gasteiger charge is -2.01. The minimum atomic E-state index is -1.05. The standard InChI is InChI=1S/C12H19ClO3/c1-2-3-4-5-6-7-8-10(12(15)16)9-11(13)14/h9H,2-8H2,1H3,(H,15,16). The van der Waals surface area contributed by atoms with Crippen LogP contribution in [0.4, 0.5) is 0 Å². The first-order valence-electron chi connectivity index (χ1n) is 5.71. The van der Waals surface area contributed by atoms with Gasteiger partial charge in [-0.25, -0.2) is 4.79 Å². The van der Waals surface area contributed by atoms with E-state index in [0.717, 1.165) is 25.3 Å². The Hall–Kier alpha value is -0.830. The maximum absolute atomic E-state index is 10.7. The van der Waals surface area contributed by atoms with Crippen LogP contribution in [0.2, 0.25) is 0 Å². The van der Waals surface area contributed by atoms with Crippen molar-refractivity contribution >= 4 is 22.8 Å². The molecule has 0 rings (SSSR count). The molecule has 0 unspecified atom stereocenters. The number of aliphatic carboxylic acids is 1. The molecule has 0 heterocycles. The summed E-state index contributed by atoms with van der Waals surface area (Å²) in [5, 5.41) is 8.06. The molecule has 4 heteroatoms. The molecule has 0 aromatic rings. The van der Waals surface area contributed by atoms with Crippen LogP contribution >= 0.6 is 11.6 Å². The average molecular weight is 247 g/mol. The summed E-state index contributed by atoms with van der Waals surface area (Å²) >= 11 is 5.12. The molecule has 0 atom stereocenters. The van der Waals surface area contributed by atoms with E-state index in [1.807, 2.05) is 0 Å². The minimum Gasteiger partial charge on any atom is -0.478 e. The number of rotatable bonds is 9. The van der Waals surface area contributed by atoms with Crippen molar-refractivity contribution in [1.29, 1.82) is 0 Å². The van der Waals surface area contributed by atoms with Gasteiger partial charge >= 0.3 is 5.97 Å². The Labute approximate surface area is 101 Å². The van der Waals surface area contributed by atoms with Gasteiger partial charge in [-0.2, -0.15) is 0 Å². The summed E-state index contributed by atoms with van der Waals surface area (Å²) in [6.07, 6.45) is 7.94. The zero-order chi connectivity index (χ0) is 12.4. The predicted octanol–water partition coefficient (Wildman–Crippen LogP) is 3.51. The number of carboxylic acids is 1. The smallest absolute Gasteiger partial charge is 0.331 e. The lowest BCUT2D eigenvalue weighted by molar-refractivity contribution is -0.133. The SMILES string of the molecule is CCCCCCCCC(=CC(=O)Cl)C(=O)O. The van der Waals surface area contributed by atoms with Crippen molar-refractivity contribution in [3.63, 3.8) is 0 Å². The van der Waals surface area contributed by atoms with Gasteiger partial charge in [-0.15, -0.1) is 0 Å². The van der Waals surface area contributed by atoms with Crippen LogP contribution in [-0.2, 0) is 9.59 Å². The average Bonchev–Trinajstić information content (AvgIpc) is 2.20. The molecule has 0 radical (unpaired) electrons. The normalized spacial score (nSPS) is 11.5. The molecule has 0 aromatic heterocycles. The van der Waals surface area contributed by atoms with Gasteiger partial charge in [-0.05, 0) is 24.4 Å². The largest absolute Gasteiger partial charge is 0.478 e. The van der Waals surface area contributed by atoms with Crippen molar-refractivity contribution in [3.8, 4) is 0 Å². The Morgan fingerprint density at radius 3 is 2.19 bits per heavy atom. The molecule has 0 amide bonds. The first-order chi connectivity index (χ1) is 7.57. The monoisotopic (exact) mass is 246 g/mol. The van der Waals surface area contributed by atoms with E-state index in [1.165, 1.54) is 19.3 Å². The van der Waals surface area contributed by atoms with Crippen LogP contribution in [0.25, 0.3) is 0 Å². The summed E-state index contributed by atoms with van der Waals surface area (Å²) in [4.78, 5) is 21.3. The summed E-state index contributed by atoms with van der Waals surface area (Å²) < 4.78 is 0. The predicted molar refractivity (Wildman–Crippen MR) is 64.6 cm³/mol. The first-order valence-corrected chi connectivity index (χ1v) is 6.09. The van der Waals surface area contributed by atoms with Crippen molar-refractivity contribution in [3.05, 3.63) is 11.6 Å². The Morgan fingerprint density at radius 2 is 1.69 bits per heavy atom. The Bertz CT molecular complexity index is 259. The van der Waals surface area contributed by atoms with Gasteiger partial charge in [0.05, 0.1) is 0 Å². The second-order valence-corrected chi connectivity index (χ2v) is 4.17. The van der Waals surface area contributed by atoms with Gasteiger partial charge in [0.2, 0.25) is 5.24 Å². The van der Waals surface area contributed by atoms with Crippen molar-refractivity contribution in [2.75, 3.05) is 0 Å². The molecule has 92 valence electrons. The van der Waals surface area contributed by atoms with E-state index in [1.54, 1.807) is 0 Å². The molecule has 3 nitrogen and oxygen atoms in total. The van der Waals surface area contributed by atoms with Gasteiger partial charge in [-0.1, -0.05) is 39.0 Å². The zero-order valence-electron chi connectivity index (χ0n) is 9.67. The summed E-state index contributed by atoms with van der Waals surface area (Å²) in [6.45, 7) is 2.15. The third-order valence-corrected chi connectivity index (χ3v) is 2.47. The highest BCUT2D eigenvalue weighted by atomic mass is 35.5. The first kappa shape index (κ1) is 15.2. The molecule has 0 aliphatic rings. The Morgan fingerprint density at radius 1 is 1.12 bits per heavy atom. The highest BCUT2D eigenvalue weighted by molar-refractivity contribution is 6.66. The number of allylic oxidation sites excluding steroid dienone is 1. The molecular formula is C12H19ClO3. The lowest BCUT2D eigenvalue weighted by atomic mass is 10.1. The van der Waals surface area contributed by atoms with Gasteiger partial charge in [0.25, 0.3) is 0 Å². The van der Waals surface area contributed by atoms with E-state index >= 15 is 0 Å². The number of hydrogen-bond donors (Lipinski definition) is 1. The second-order valence-electron chi connectivity index (χ2n) is 3.80. The highest BCUT2D eigenvalue weighted by Gasteiger charge is 2.08. The van der Waals surface area contributed by atoms with E-state index in [2.05, 4.69) is 6.92 Å². The summed E-state index contributed by atoms with van der Waals surface area (Å²) in [7, 11) is 0. The number of halogens is 1. The number of carbonyl (C=O) groups is 2. The molecule has 0 spiro atoms. The van der Waals surface area contributed by atoms with E-state index in [4.69, 9.17) is 16.7 Å². The third-order valence-electron chi connectivity index (χ3n) is 2.36. The number of carboxylic acid groups (broad SMARTS) is 1. The molecule has 0 fully saturated rings. The van der Waals surface area contributed by atoms with Crippen molar-refractivity contribution in [2.45, 2.75) is 51.9 Å². The molecule has 1 N–H and O–H groups in total. The Balaban J connectivity index is 3.78. The van der Waals surface area contributed by atoms with E-state index < -0.39 is 11.2 Å². The van der Waals surface area contributed by atoms with Gasteiger partial charge in [0.15, 0.2) is 0 Å². The number of carbonyl (C=O) groups excluding carboxylic acids is 1. The van der Waals surface area contributed by atoms with Crippen LogP contribution in [0.3, 0.4) is 0 Å². The van der Waals surface area contributed by atoms with Crippen LogP contribution in [-0.4, -0.2) is 16.3 Å². The molecule has 0 aliphatic carbocycles. The summed E-state index contributed by atoms with van der Waals surface area (Å²) in [6, 6.07) is 0. The minimum absolute atomic E-state index is 0.107. The molecule has 0 aliphatic heterocycles. The van der Waals surface area contributed by atoms with Crippen LogP contribution in [0.1, 0.15) is 51.9 Å². The van der Waals surface area contributed by atoms with E-state index in [-0.39, 0.29) is 5.57 Å². The van der Waals surface area contributed by atoms with Crippen molar-refractivity contribution in [1.82, 2.24) is 0 Å². The lowest BCUT2D eigenvalue weighted by Crippen LogP contribution is -2.02. The second kappa shape index (κ2) is 9.40. The maximum atomic E-state index is 10.7. The molecule has 16 heavy (non-hydrogen) atoms.